The molecule has 114 valence electrons. The topological polar surface area (TPSA) is 87.7 Å². The predicted molar refractivity (Wildman–Crippen MR) is 76.1 cm³/mol. The van der Waals surface area contributed by atoms with E-state index in [1.54, 1.807) is 24.3 Å². The summed E-state index contributed by atoms with van der Waals surface area (Å²) in [6.07, 6.45) is 2.41. The molecule has 0 aliphatic carbocycles. The fourth-order valence-corrected chi connectivity index (χ4v) is 2.01. The van der Waals surface area contributed by atoms with Crippen molar-refractivity contribution in [3.8, 4) is 0 Å². The maximum Gasteiger partial charge on any atom is 0.270 e. The van der Waals surface area contributed by atoms with Crippen LogP contribution in [0.25, 0.3) is 0 Å². The van der Waals surface area contributed by atoms with Gasteiger partial charge in [-0.25, -0.2) is 9.97 Å². The Bertz CT molecular complexity index is 488. The lowest BCUT2D eigenvalue weighted by Gasteiger charge is -2.32. The third-order valence-electron chi connectivity index (χ3n) is 3.21. The SMILES string of the molecule is COCCNC(=O)c1ccnc(N2CCN(C=O)CC2)n1. The molecule has 0 unspecified atom stereocenters. The Morgan fingerprint density at radius 3 is 2.86 bits per heavy atom. The number of ether oxygens (including phenoxy) is 1. The van der Waals surface area contributed by atoms with E-state index in [0.29, 0.717) is 51.0 Å². The molecule has 8 nitrogen and oxygen atoms in total. The van der Waals surface area contributed by atoms with Gasteiger partial charge < -0.3 is 19.9 Å². The molecular formula is C13H19N5O3. The maximum absolute atomic E-state index is 11.9. The summed E-state index contributed by atoms with van der Waals surface area (Å²) in [5, 5.41) is 2.72. The van der Waals surface area contributed by atoms with Crippen LogP contribution in [0.5, 0.6) is 0 Å². The van der Waals surface area contributed by atoms with Gasteiger partial charge >= 0.3 is 0 Å². The summed E-state index contributed by atoms with van der Waals surface area (Å²) in [5.41, 5.74) is 0.328. The molecule has 0 atom stereocenters. The van der Waals surface area contributed by atoms with Crippen molar-refractivity contribution in [3.05, 3.63) is 18.0 Å². The van der Waals surface area contributed by atoms with Crippen molar-refractivity contribution in [2.45, 2.75) is 0 Å². The van der Waals surface area contributed by atoms with E-state index in [4.69, 9.17) is 4.74 Å². The summed E-state index contributed by atoms with van der Waals surface area (Å²) < 4.78 is 4.88. The van der Waals surface area contributed by atoms with Crippen LogP contribution in [0.2, 0.25) is 0 Å². The average Bonchev–Trinajstić information content (AvgIpc) is 2.55. The molecule has 1 N–H and O–H groups in total. The van der Waals surface area contributed by atoms with Gasteiger partial charge in [-0.1, -0.05) is 0 Å². The van der Waals surface area contributed by atoms with Crippen LogP contribution in [-0.4, -0.2) is 73.6 Å². The quantitative estimate of drug-likeness (QED) is 0.542. The Kier molecular flexibility index (Phi) is 5.44. The first-order valence-electron chi connectivity index (χ1n) is 6.79. The number of nitrogens with one attached hydrogen (secondary N) is 1. The minimum absolute atomic E-state index is 0.248. The molecule has 0 radical (unpaired) electrons. The Balaban J connectivity index is 1.97. The van der Waals surface area contributed by atoms with E-state index >= 15 is 0 Å². The molecule has 1 aromatic heterocycles. The standard InChI is InChI=1S/C13H19N5O3/c1-21-9-4-14-12(20)11-2-3-15-13(16-11)18-7-5-17(10-19)6-8-18/h2-3,10H,4-9H2,1H3,(H,14,20). The molecule has 0 saturated carbocycles. The van der Waals surface area contributed by atoms with Crippen LogP contribution in [0.1, 0.15) is 10.5 Å². The van der Waals surface area contributed by atoms with E-state index in [1.165, 1.54) is 0 Å². The highest BCUT2D eigenvalue weighted by atomic mass is 16.5. The summed E-state index contributed by atoms with van der Waals surface area (Å²) in [7, 11) is 1.58. The predicted octanol–water partition coefficient (Wildman–Crippen LogP) is -0.869. The number of methoxy groups -OCH3 is 1. The highest BCUT2D eigenvalue weighted by Crippen LogP contribution is 2.10. The Morgan fingerprint density at radius 2 is 2.19 bits per heavy atom. The largest absolute Gasteiger partial charge is 0.383 e. The first-order chi connectivity index (χ1) is 10.2. The minimum Gasteiger partial charge on any atom is -0.383 e. The van der Waals surface area contributed by atoms with Gasteiger partial charge in [0.15, 0.2) is 0 Å². The Labute approximate surface area is 123 Å². The van der Waals surface area contributed by atoms with Gasteiger partial charge in [0.1, 0.15) is 5.69 Å². The van der Waals surface area contributed by atoms with Gasteiger partial charge in [-0.2, -0.15) is 0 Å². The molecule has 1 saturated heterocycles. The lowest BCUT2D eigenvalue weighted by Crippen LogP contribution is -2.46. The summed E-state index contributed by atoms with van der Waals surface area (Å²) in [6, 6.07) is 1.58. The summed E-state index contributed by atoms with van der Waals surface area (Å²) in [6.45, 7) is 3.49. The Hall–Kier alpha value is -2.22. The monoisotopic (exact) mass is 293 g/mol. The van der Waals surface area contributed by atoms with E-state index in [-0.39, 0.29) is 5.91 Å². The minimum atomic E-state index is -0.248. The van der Waals surface area contributed by atoms with Crippen molar-refractivity contribution in [3.63, 3.8) is 0 Å². The van der Waals surface area contributed by atoms with Gasteiger partial charge in [-0.15, -0.1) is 0 Å². The van der Waals surface area contributed by atoms with Crippen LogP contribution < -0.4 is 10.2 Å². The van der Waals surface area contributed by atoms with Crippen molar-refractivity contribution in [2.24, 2.45) is 0 Å². The molecule has 0 bridgehead atoms. The number of hydrogen-bond donors (Lipinski definition) is 1. The molecule has 2 rings (SSSR count). The van der Waals surface area contributed by atoms with Gasteiger partial charge in [0.05, 0.1) is 6.61 Å². The number of nitrogens with zero attached hydrogens (tertiary/aromatic N) is 4. The summed E-state index contributed by atoms with van der Waals surface area (Å²) in [4.78, 5) is 34.8. The molecule has 1 fully saturated rings. The lowest BCUT2D eigenvalue weighted by molar-refractivity contribution is -0.118. The number of carbonyl (C=O) groups is 2. The van der Waals surface area contributed by atoms with Crippen molar-refractivity contribution in [2.75, 3.05) is 51.3 Å². The van der Waals surface area contributed by atoms with E-state index in [2.05, 4.69) is 15.3 Å². The molecule has 2 amide bonds. The van der Waals surface area contributed by atoms with Crippen LogP contribution in [-0.2, 0) is 9.53 Å². The average molecular weight is 293 g/mol. The fraction of sp³-hybridized carbons (Fsp3) is 0.538. The smallest absolute Gasteiger partial charge is 0.270 e. The summed E-state index contributed by atoms with van der Waals surface area (Å²) >= 11 is 0. The third kappa shape index (κ3) is 4.12. The van der Waals surface area contributed by atoms with E-state index in [9.17, 15) is 9.59 Å². The number of carbonyl (C=O) groups excluding carboxylic acids is 2. The van der Waals surface area contributed by atoms with E-state index < -0.39 is 0 Å². The third-order valence-corrected chi connectivity index (χ3v) is 3.21. The molecule has 0 spiro atoms. The van der Waals surface area contributed by atoms with Crippen molar-refractivity contribution in [1.29, 1.82) is 0 Å². The van der Waals surface area contributed by atoms with E-state index in [1.807, 2.05) is 4.90 Å². The van der Waals surface area contributed by atoms with E-state index in [0.717, 1.165) is 6.41 Å². The van der Waals surface area contributed by atoms with Gasteiger partial charge in [-0.05, 0) is 6.07 Å². The fourth-order valence-electron chi connectivity index (χ4n) is 2.01. The zero-order chi connectivity index (χ0) is 15.1. The van der Waals surface area contributed by atoms with Crippen LogP contribution in [0, 0.1) is 0 Å². The van der Waals surface area contributed by atoms with Crippen LogP contribution >= 0.6 is 0 Å². The van der Waals surface area contributed by atoms with Crippen molar-refractivity contribution >= 4 is 18.3 Å². The number of anilines is 1. The second kappa shape index (κ2) is 7.53. The molecular weight excluding hydrogens is 274 g/mol. The first kappa shape index (κ1) is 15.2. The number of rotatable bonds is 6. The molecule has 0 aromatic carbocycles. The maximum atomic E-state index is 11.9. The molecule has 8 heteroatoms. The first-order valence-corrected chi connectivity index (χ1v) is 6.79. The molecule has 1 aliphatic rings. The molecule has 1 aliphatic heterocycles. The Morgan fingerprint density at radius 1 is 1.43 bits per heavy atom. The number of amides is 2. The van der Waals surface area contributed by atoms with Gasteiger partial charge in [0, 0.05) is 46.0 Å². The highest BCUT2D eigenvalue weighted by molar-refractivity contribution is 5.92. The van der Waals surface area contributed by atoms with Crippen molar-refractivity contribution in [1.82, 2.24) is 20.2 Å². The highest BCUT2D eigenvalue weighted by Gasteiger charge is 2.18. The molecule has 2 heterocycles. The van der Waals surface area contributed by atoms with Gasteiger partial charge in [0.25, 0.3) is 5.91 Å². The zero-order valence-electron chi connectivity index (χ0n) is 12.0. The van der Waals surface area contributed by atoms with Crippen LogP contribution in [0.15, 0.2) is 12.3 Å². The summed E-state index contributed by atoms with van der Waals surface area (Å²) in [5.74, 6) is 0.266. The van der Waals surface area contributed by atoms with Crippen LogP contribution in [0.3, 0.4) is 0 Å². The molecule has 21 heavy (non-hydrogen) atoms. The van der Waals surface area contributed by atoms with Crippen molar-refractivity contribution < 1.29 is 14.3 Å². The number of aromatic nitrogens is 2. The molecule has 1 aromatic rings. The van der Waals surface area contributed by atoms with Gasteiger partial charge in [-0.3, -0.25) is 9.59 Å². The second-order valence-electron chi connectivity index (χ2n) is 4.62. The van der Waals surface area contributed by atoms with Crippen LogP contribution in [0.4, 0.5) is 5.95 Å². The lowest BCUT2D eigenvalue weighted by atomic mass is 10.3. The van der Waals surface area contributed by atoms with Gasteiger partial charge in [0.2, 0.25) is 12.4 Å². The second-order valence-corrected chi connectivity index (χ2v) is 4.62. The zero-order valence-corrected chi connectivity index (χ0v) is 12.0. The number of hydrogen-bond acceptors (Lipinski definition) is 6. The normalized spacial score (nSPS) is 14.9. The number of piperazine rings is 1.